The fraction of sp³-hybridized carbons (Fsp3) is 0.636. The number of esters is 1. The molecule has 0 spiro atoms. The zero-order valence-electron chi connectivity index (χ0n) is 9.86. The van der Waals surface area contributed by atoms with Crippen molar-refractivity contribution in [1.29, 1.82) is 0 Å². The molecule has 16 heavy (non-hydrogen) atoms. The summed E-state index contributed by atoms with van der Waals surface area (Å²) in [5.74, 6) is -0.233. The molecule has 0 fully saturated rings. The van der Waals surface area contributed by atoms with Crippen LogP contribution >= 0.6 is 11.3 Å². The first kappa shape index (κ1) is 13.1. The van der Waals surface area contributed by atoms with E-state index in [1.54, 1.807) is 6.92 Å². The molecule has 1 aromatic heterocycles. The zero-order chi connectivity index (χ0) is 12.0. The highest BCUT2D eigenvalue weighted by atomic mass is 32.1. The molecule has 0 saturated carbocycles. The van der Waals surface area contributed by atoms with Crippen molar-refractivity contribution in [3.8, 4) is 0 Å². The fourth-order valence-electron chi connectivity index (χ4n) is 1.27. The van der Waals surface area contributed by atoms with Crippen LogP contribution in [-0.4, -0.2) is 24.2 Å². The van der Waals surface area contributed by atoms with Gasteiger partial charge in [-0.1, -0.05) is 0 Å². The summed E-state index contributed by atoms with van der Waals surface area (Å²) in [7, 11) is 0. The molecule has 5 heteroatoms. The van der Waals surface area contributed by atoms with E-state index in [2.05, 4.69) is 4.98 Å². The molecule has 0 bridgehead atoms. The molecule has 0 aliphatic heterocycles. The predicted octanol–water partition coefficient (Wildman–Crippen LogP) is 2.35. The first-order valence-electron chi connectivity index (χ1n) is 5.38. The van der Waals surface area contributed by atoms with E-state index in [4.69, 9.17) is 9.47 Å². The molecule has 0 saturated heterocycles. The van der Waals surface area contributed by atoms with Crippen molar-refractivity contribution >= 4 is 17.3 Å². The minimum atomic E-state index is -0.233. The maximum absolute atomic E-state index is 11.2. The number of rotatable bonds is 6. The molecule has 0 aromatic carbocycles. The van der Waals surface area contributed by atoms with E-state index in [1.807, 2.05) is 19.2 Å². The van der Waals surface area contributed by atoms with Crippen LogP contribution in [0.15, 0.2) is 5.38 Å². The minimum Gasteiger partial charge on any atom is -0.466 e. The highest BCUT2D eigenvalue weighted by molar-refractivity contribution is 7.09. The van der Waals surface area contributed by atoms with Crippen LogP contribution in [0.25, 0.3) is 0 Å². The Balaban J connectivity index is 2.54. The van der Waals surface area contributed by atoms with E-state index in [1.165, 1.54) is 11.3 Å². The molecule has 1 rings (SSSR count). The first-order valence-corrected chi connectivity index (χ1v) is 6.26. The summed E-state index contributed by atoms with van der Waals surface area (Å²) in [6, 6.07) is 0. The average Bonchev–Trinajstić information content (AvgIpc) is 2.67. The van der Waals surface area contributed by atoms with E-state index in [9.17, 15) is 4.79 Å². The minimum absolute atomic E-state index is 0.00838. The molecule has 1 unspecified atom stereocenters. The summed E-state index contributed by atoms with van der Waals surface area (Å²) in [4.78, 5) is 15.6. The third kappa shape index (κ3) is 3.90. The molecule has 0 amide bonds. The summed E-state index contributed by atoms with van der Waals surface area (Å²) in [5, 5.41) is 2.78. The van der Waals surface area contributed by atoms with Crippen LogP contribution < -0.4 is 0 Å². The number of carbonyl (C=O) groups excluding carboxylic acids is 1. The Morgan fingerprint density at radius 1 is 1.50 bits per heavy atom. The van der Waals surface area contributed by atoms with Crippen molar-refractivity contribution < 1.29 is 14.3 Å². The van der Waals surface area contributed by atoms with E-state index < -0.39 is 0 Å². The van der Waals surface area contributed by atoms with Crippen molar-refractivity contribution in [2.24, 2.45) is 0 Å². The monoisotopic (exact) mass is 243 g/mol. The van der Waals surface area contributed by atoms with E-state index >= 15 is 0 Å². The molecule has 90 valence electrons. The van der Waals surface area contributed by atoms with Crippen molar-refractivity contribution in [3.05, 3.63) is 16.1 Å². The third-order valence-electron chi connectivity index (χ3n) is 1.96. The lowest BCUT2D eigenvalue weighted by molar-refractivity contribution is -0.142. The maximum atomic E-state index is 11.2. The van der Waals surface area contributed by atoms with Crippen molar-refractivity contribution in [2.45, 2.75) is 33.3 Å². The lowest BCUT2D eigenvalue weighted by atomic mass is 10.3. The van der Waals surface area contributed by atoms with Crippen LogP contribution in [-0.2, 0) is 20.7 Å². The highest BCUT2D eigenvalue weighted by Gasteiger charge is 2.12. The first-order chi connectivity index (χ1) is 7.67. The lowest BCUT2D eigenvalue weighted by Crippen LogP contribution is -2.08. The quantitative estimate of drug-likeness (QED) is 0.720. The van der Waals surface area contributed by atoms with Gasteiger partial charge in [0.15, 0.2) is 0 Å². The molecular formula is C11H17NO3S. The largest absolute Gasteiger partial charge is 0.466 e. The van der Waals surface area contributed by atoms with E-state index in [0.29, 0.717) is 13.2 Å². The maximum Gasteiger partial charge on any atom is 0.311 e. The number of ether oxygens (including phenoxy) is 2. The normalized spacial score (nSPS) is 12.4. The highest BCUT2D eigenvalue weighted by Crippen LogP contribution is 2.21. The lowest BCUT2D eigenvalue weighted by Gasteiger charge is -2.06. The summed E-state index contributed by atoms with van der Waals surface area (Å²) in [5.41, 5.74) is 0.755. The summed E-state index contributed by atoms with van der Waals surface area (Å²) < 4.78 is 10.3. The third-order valence-corrected chi connectivity index (χ3v) is 3.02. The number of carbonyl (C=O) groups is 1. The molecule has 0 radical (unpaired) electrons. The molecule has 4 nitrogen and oxygen atoms in total. The van der Waals surface area contributed by atoms with Gasteiger partial charge in [-0.15, -0.1) is 11.3 Å². The smallest absolute Gasteiger partial charge is 0.311 e. The standard InChI is InChI=1S/C11H17NO3S/c1-4-14-8(3)11-12-9(7-16-11)6-10(13)15-5-2/h7-8H,4-6H2,1-3H3. The van der Waals surface area contributed by atoms with Crippen LogP contribution in [0.1, 0.15) is 37.6 Å². The number of thiazole rings is 1. The second kappa shape index (κ2) is 6.60. The average molecular weight is 243 g/mol. The Morgan fingerprint density at radius 2 is 2.25 bits per heavy atom. The molecule has 0 aliphatic carbocycles. The number of hydrogen-bond acceptors (Lipinski definition) is 5. The molecule has 1 aromatic rings. The van der Waals surface area contributed by atoms with Crippen molar-refractivity contribution in [2.75, 3.05) is 13.2 Å². The van der Waals surface area contributed by atoms with Crippen molar-refractivity contribution in [1.82, 2.24) is 4.98 Å². The van der Waals surface area contributed by atoms with Gasteiger partial charge in [-0.2, -0.15) is 0 Å². The molecular weight excluding hydrogens is 226 g/mol. The Kier molecular flexibility index (Phi) is 5.42. The van der Waals surface area contributed by atoms with Crippen LogP contribution in [0.2, 0.25) is 0 Å². The van der Waals surface area contributed by atoms with Gasteiger partial charge in [0.2, 0.25) is 0 Å². The van der Waals surface area contributed by atoms with Crippen LogP contribution in [0, 0.1) is 0 Å². The van der Waals surface area contributed by atoms with Crippen molar-refractivity contribution in [3.63, 3.8) is 0 Å². The number of nitrogens with zero attached hydrogens (tertiary/aromatic N) is 1. The van der Waals surface area contributed by atoms with E-state index in [-0.39, 0.29) is 18.5 Å². The van der Waals surface area contributed by atoms with Crippen LogP contribution in [0.5, 0.6) is 0 Å². The van der Waals surface area contributed by atoms with Crippen LogP contribution in [0.4, 0.5) is 0 Å². The molecule has 0 aliphatic rings. The Labute approximate surface area is 99.6 Å². The molecule has 1 heterocycles. The summed E-state index contributed by atoms with van der Waals surface area (Å²) in [6.45, 7) is 6.76. The number of hydrogen-bond donors (Lipinski definition) is 0. The summed E-state index contributed by atoms with van der Waals surface area (Å²) in [6.07, 6.45) is 0.231. The Morgan fingerprint density at radius 3 is 2.88 bits per heavy atom. The van der Waals surface area contributed by atoms with Gasteiger partial charge < -0.3 is 9.47 Å². The second-order valence-electron chi connectivity index (χ2n) is 3.26. The summed E-state index contributed by atoms with van der Waals surface area (Å²) >= 11 is 1.51. The van der Waals surface area contributed by atoms with Gasteiger partial charge in [-0.25, -0.2) is 4.98 Å². The predicted molar refractivity (Wildman–Crippen MR) is 62.5 cm³/mol. The van der Waals surface area contributed by atoms with Gasteiger partial charge in [0, 0.05) is 12.0 Å². The van der Waals surface area contributed by atoms with Crippen LogP contribution in [0.3, 0.4) is 0 Å². The fourth-order valence-corrected chi connectivity index (χ4v) is 2.09. The molecule has 0 N–H and O–H groups in total. The van der Waals surface area contributed by atoms with E-state index in [0.717, 1.165) is 10.7 Å². The second-order valence-corrected chi connectivity index (χ2v) is 4.15. The molecule has 1 atom stereocenters. The zero-order valence-corrected chi connectivity index (χ0v) is 10.7. The van der Waals surface area contributed by atoms with Gasteiger partial charge in [0.25, 0.3) is 0 Å². The topological polar surface area (TPSA) is 48.4 Å². The van der Waals surface area contributed by atoms with Gasteiger partial charge in [-0.05, 0) is 20.8 Å². The van der Waals surface area contributed by atoms with Gasteiger partial charge in [0.05, 0.1) is 18.7 Å². The Hall–Kier alpha value is -0.940. The van der Waals surface area contributed by atoms with Gasteiger partial charge >= 0.3 is 5.97 Å². The SMILES string of the molecule is CCOC(=O)Cc1csc(C(C)OCC)n1. The van der Waals surface area contributed by atoms with Gasteiger partial charge in [0.1, 0.15) is 11.1 Å². The number of aromatic nitrogens is 1. The Bertz CT molecular complexity index is 338. The van der Waals surface area contributed by atoms with Gasteiger partial charge in [-0.3, -0.25) is 4.79 Å².